The van der Waals surface area contributed by atoms with E-state index in [0.717, 1.165) is 12.1 Å². The molecule has 1 atom stereocenters. The third kappa shape index (κ3) is 2.96. The van der Waals surface area contributed by atoms with E-state index < -0.39 is 0 Å². The Balaban J connectivity index is 1.70. The van der Waals surface area contributed by atoms with Crippen molar-refractivity contribution in [2.75, 3.05) is 26.7 Å². The summed E-state index contributed by atoms with van der Waals surface area (Å²) < 4.78 is 5.36. The highest BCUT2D eigenvalue weighted by atomic mass is 16.5. The summed E-state index contributed by atoms with van der Waals surface area (Å²) in [4.78, 5) is 2.67. The molecule has 2 rings (SSSR count). The molecule has 1 aliphatic carbocycles. The van der Waals surface area contributed by atoms with E-state index in [9.17, 15) is 0 Å². The van der Waals surface area contributed by atoms with Crippen molar-refractivity contribution in [3.63, 3.8) is 0 Å². The van der Waals surface area contributed by atoms with Crippen LogP contribution in [0.25, 0.3) is 0 Å². The van der Waals surface area contributed by atoms with E-state index >= 15 is 0 Å². The highest BCUT2D eigenvalue weighted by Gasteiger charge is 2.35. The molecule has 0 aromatic rings. The molecule has 0 radical (unpaired) electrons. The molecule has 1 aliphatic heterocycles. The van der Waals surface area contributed by atoms with Crippen LogP contribution >= 0.6 is 0 Å². The summed E-state index contributed by atoms with van der Waals surface area (Å²) in [6.07, 6.45) is 6.99. The van der Waals surface area contributed by atoms with Gasteiger partial charge in [0.1, 0.15) is 0 Å². The van der Waals surface area contributed by atoms with Gasteiger partial charge >= 0.3 is 0 Å². The lowest BCUT2D eigenvalue weighted by molar-refractivity contribution is -0.0356. The molecule has 0 bridgehead atoms. The highest BCUT2D eigenvalue weighted by Crippen LogP contribution is 2.29. The van der Waals surface area contributed by atoms with E-state index in [4.69, 9.17) is 4.74 Å². The lowest BCUT2D eigenvalue weighted by Crippen LogP contribution is -2.54. The van der Waals surface area contributed by atoms with Crippen LogP contribution < -0.4 is 5.32 Å². The van der Waals surface area contributed by atoms with Gasteiger partial charge in [-0.05, 0) is 45.2 Å². The molecular weight excluding hydrogens is 200 g/mol. The minimum Gasteiger partial charge on any atom is -0.381 e. The van der Waals surface area contributed by atoms with Crippen LogP contribution in [0.4, 0.5) is 0 Å². The average Bonchev–Trinajstić information content (AvgIpc) is 2.26. The molecule has 1 saturated carbocycles. The maximum absolute atomic E-state index is 5.36. The fraction of sp³-hybridized carbons (Fsp3) is 1.00. The average molecular weight is 226 g/mol. The van der Waals surface area contributed by atoms with Gasteiger partial charge in [0.2, 0.25) is 0 Å². The van der Waals surface area contributed by atoms with Crippen LogP contribution in [0.5, 0.6) is 0 Å². The maximum Gasteiger partial charge on any atom is 0.0601 e. The summed E-state index contributed by atoms with van der Waals surface area (Å²) in [6.45, 7) is 5.96. The Morgan fingerprint density at radius 3 is 2.88 bits per heavy atom. The van der Waals surface area contributed by atoms with Crippen LogP contribution in [-0.2, 0) is 4.74 Å². The zero-order chi connectivity index (χ0) is 11.4. The Kier molecular flexibility index (Phi) is 4.62. The summed E-state index contributed by atoms with van der Waals surface area (Å²) in [6, 6.07) is 1.53. The largest absolute Gasteiger partial charge is 0.381 e. The second-order valence-electron chi connectivity index (χ2n) is 5.27. The van der Waals surface area contributed by atoms with Crippen molar-refractivity contribution >= 4 is 0 Å². The van der Waals surface area contributed by atoms with E-state index in [-0.39, 0.29) is 0 Å². The van der Waals surface area contributed by atoms with Crippen molar-refractivity contribution in [3.05, 3.63) is 0 Å². The molecule has 1 unspecified atom stereocenters. The van der Waals surface area contributed by atoms with E-state index in [0.29, 0.717) is 6.10 Å². The highest BCUT2D eigenvalue weighted by molar-refractivity contribution is 4.91. The number of hydrogen-bond acceptors (Lipinski definition) is 3. The SMILES string of the molecule is CCCNC1CCCN(C2CC(OC)C2)C1. The van der Waals surface area contributed by atoms with Crippen molar-refractivity contribution in [1.29, 1.82) is 0 Å². The van der Waals surface area contributed by atoms with E-state index in [1.807, 2.05) is 7.11 Å². The predicted octanol–water partition coefficient (Wildman–Crippen LogP) is 1.63. The Bertz CT molecular complexity index is 204. The molecule has 1 N–H and O–H groups in total. The third-order valence-corrected chi connectivity index (χ3v) is 4.06. The smallest absolute Gasteiger partial charge is 0.0601 e. The number of likely N-dealkylation sites (tertiary alicyclic amines) is 1. The van der Waals surface area contributed by atoms with Gasteiger partial charge in [-0.2, -0.15) is 0 Å². The van der Waals surface area contributed by atoms with Gasteiger partial charge in [0, 0.05) is 25.7 Å². The van der Waals surface area contributed by atoms with Gasteiger partial charge < -0.3 is 10.1 Å². The standard InChI is InChI=1S/C13H26N2O/c1-3-6-14-11-5-4-7-15(10-11)12-8-13(9-12)16-2/h11-14H,3-10H2,1-2H3. The Hall–Kier alpha value is -0.120. The molecule has 16 heavy (non-hydrogen) atoms. The zero-order valence-corrected chi connectivity index (χ0v) is 10.7. The fourth-order valence-corrected chi connectivity index (χ4v) is 2.88. The van der Waals surface area contributed by atoms with Crippen LogP contribution in [0, 0.1) is 0 Å². The second kappa shape index (κ2) is 5.99. The summed E-state index contributed by atoms with van der Waals surface area (Å²) in [5.41, 5.74) is 0. The number of nitrogens with one attached hydrogen (secondary N) is 1. The number of piperidine rings is 1. The van der Waals surface area contributed by atoms with Crippen LogP contribution in [-0.4, -0.2) is 49.8 Å². The second-order valence-corrected chi connectivity index (χ2v) is 5.27. The number of ether oxygens (including phenoxy) is 1. The minimum atomic E-state index is 0.536. The van der Waals surface area contributed by atoms with Crippen LogP contribution in [0.1, 0.15) is 39.0 Å². The predicted molar refractivity (Wildman–Crippen MR) is 66.7 cm³/mol. The first-order chi connectivity index (χ1) is 7.83. The van der Waals surface area contributed by atoms with E-state index in [1.165, 1.54) is 51.7 Å². The van der Waals surface area contributed by atoms with Crippen LogP contribution in [0.2, 0.25) is 0 Å². The Labute approximate surface area is 99.5 Å². The summed E-state index contributed by atoms with van der Waals surface area (Å²) in [7, 11) is 1.84. The number of methoxy groups -OCH3 is 1. The molecule has 2 fully saturated rings. The monoisotopic (exact) mass is 226 g/mol. The fourth-order valence-electron chi connectivity index (χ4n) is 2.88. The maximum atomic E-state index is 5.36. The van der Waals surface area contributed by atoms with Crippen molar-refractivity contribution in [1.82, 2.24) is 10.2 Å². The first-order valence-corrected chi connectivity index (χ1v) is 6.83. The molecule has 0 aromatic heterocycles. The molecule has 3 nitrogen and oxygen atoms in total. The van der Waals surface area contributed by atoms with Gasteiger partial charge in [0.05, 0.1) is 6.10 Å². The van der Waals surface area contributed by atoms with Gasteiger partial charge in [0.15, 0.2) is 0 Å². The van der Waals surface area contributed by atoms with Gasteiger partial charge in [-0.15, -0.1) is 0 Å². The van der Waals surface area contributed by atoms with Crippen LogP contribution in [0.3, 0.4) is 0 Å². The Morgan fingerprint density at radius 2 is 2.19 bits per heavy atom. The van der Waals surface area contributed by atoms with E-state index in [2.05, 4.69) is 17.1 Å². The number of nitrogens with zero attached hydrogens (tertiary/aromatic N) is 1. The van der Waals surface area contributed by atoms with Crippen molar-refractivity contribution < 1.29 is 4.74 Å². The zero-order valence-electron chi connectivity index (χ0n) is 10.7. The summed E-state index contributed by atoms with van der Waals surface area (Å²) in [5, 5.41) is 3.66. The van der Waals surface area contributed by atoms with Gasteiger partial charge in [0.25, 0.3) is 0 Å². The lowest BCUT2D eigenvalue weighted by Gasteiger charge is -2.45. The first kappa shape index (κ1) is 12.3. The summed E-state index contributed by atoms with van der Waals surface area (Å²) in [5.74, 6) is 0. The number of hydrogen-bond donors (Lipinski definition) is 1. The Morgan fingerprint density at radius 1 is 1.38 bits per heavy atom. The molecule has 94 valence electrons. The quantitative estimate of drug-likeness (QED) is 0.771. The molecule has 3 heteroatoms. The van der Waals surface area contributed by atoms with Crippen molar-refractivity contribution in [2.45, 2.75) is 57.2 Å². The molecule has 0 amide bonds. The molecule has 2 aliphatic rings. The molecule has 1 saturated heterocycles. The number of rotatable bonds is 5. The van der Waals surface area contributed by atoms with Crippen LogP contribution in [0.15, 0.2) is 0 Å². The summed E-state index contributed by atoms with van der Waals surface area (Å²) >= 11 is 0. The van der Waals surface area contributed by atoms with Gasteiger partial charge in [-0.3, -0.25) is 4.90 Å². The topological polar surface area (TPSA) is 24.5 Å². The lowest BCUT2D eigenvalue weighted by atomic mass is 9.86. The van der Waals surface area contributed by atoms with Crippen molar-refractivity contribution in [3.8, 4) is 0 Å². The van der Waals surface area contributed by atoms with Gasteiger partial charge in [-0.25, -0.2) is 0 Å². The van der Waals surface area contributed by atoms with E-state index in [1.54, 1.807) is 0 Å². The molecule has 0 aromatic carbocycles. The molecule has 0 spiro atoms. The molecular formula is C13H26N2O. The van der Waals surface area contributed by atoms with Gasteiger partial charge in [-0.1, -0.05) is 6.92 Å². The molecule has 1 heterocycles. The first-order valence-electron chi connectivity index (χ1n) is 6.83. The van der Waals surface area contributed by atoms with Crippen molar-refractivity contribution in [2.24, 2.45) is 0 Å². The third-order valence-electron chi connectivity index (χ3n) is 4.06. The normalized spacial score (nSPS) is 36.0. The minimum absolute atomic E-state index is 0.536.